The van der Waals surface area contributed by atoms with E-state index >= 15 is 0 Å². The molecule has 2 rings (SSSR count). The Bertz CT molecular complexity index is 612. The van der Waals surface area contributed by atoms with Gasteiger partial charge < -0.3 is 19.5 Å². The average Bonchev–Trinajstić information content (AvgIpc) is 2.58. The molecule has 1 fully saturated rings. The van der Waals surface area contributed by atoms with Crippen LogP contribution in [0.5, 0.6) is 5.75 Å². The lowest BCUT2D eigenvalue weighted by molar-refractivity contribution is -0.132. The number of nitrogens with one attached hydrogen (secondary N) is 1. The van der Waals surface area contributed by atoms with E-state index in [9.17, 15) is 9.59 Å². The number of benzene rings is 1. The van der Waals surface area contributed by atoms with Gasteiger partial charge in [0.2, 0.25) is 5.91 Å². The summed E-state index contributed by atoms with van der Waals surface area (Å²) in [5.74, 6) is 0.455. The molecular weight excluding hydrogens is 324 g/mol. The fourth-order valence-electron chi connectivity index (χ4n) is 2.45. The minimum absolute atomic E-state index is 0.156. The van der Waals surface area contributed by atoms with E-state index in [1.165, 1.54) is 4.90 Å². The van der Waals surface area contributed by atoms with Gasteiger partial charge in [-0.3, -0.25) is 9.69 Å². The summed E-state index contributed by atoms with van der Waals surface area (Å²) in [6, 6.07) is 6.74. The van der Waals surface area contributed by atoms with Crippen molar-refractivity contribution < 1.29 is 23.8 Å². The van der Waals surface area contributed by atoms with Gasteiger partial charge in [0.15, 0.2) is 0 Å². The second kappa shape index (κ2) is 8.20. The van der Waals surface area contributed by atoms with Crippen LogP contribution in [0, 0.1) is 0 Å². The molecule has 1 aliphatic heterocycles. The van der Waals surface area contributed by atoms with Gasteiger partial charge >= 0.3 is 6.09 Å². The van der Waals surface area contributed by atoms with Crippen molar-refractivity contribution in [3.63, 3.8) is 0 Å². The number of carbonyl (C=O) groups is 2. The first-order chi connectivity index (χ1) is 11.8. The minimum atomic E-state index is -0.700. The number of carbonyl (C=O) groups excluding carboxylic acids is 2. The molecule has 1 saturated heterocycles. The Balaban J connectivity index is 1.98. The number of hydrogen-bond donors (Lipinski definition) is 1. The molecule has 0 spiro atoms. The van der Waals surface area contributed by atoms with Crippen LogP contribution in [-0.2, 0) is 20.8 Å². The van der Waals surface area contributed by atoms with Crippen LogP contribution >= 0.6 is 0 Å². The zero-order valence-electron chi connectivity index (χ0n) is 15.2. The van der Waals surface area contributed by atoms with Gasteiger partial charge in [0.25, 0.3) is 0 Å². The lowest BCUT2D eigenvalue weighted by Gasteiger charge is -2.35. The molecule has 7 nitrogen and oxygen atoms in total. The first kappa shape index (κ1) is 19.1. The second-order valence-electron chi connectivity index (χ2n) is 6.83. The molecule has 2 amide bonds. The molecule has 7 heteroatoms. The smallest absolute Gasteiger partial charge is 0.411 e. The summed E-state index contributed by atoms with van der Waals surface area (Å²) in [5.41, 5.74) is 0.296. The van der Waals surface area contributed by atoms with E-state index in [1.54, 1.807) is 27.9 Å². The van der Waals surface area contributed by atoms with Crippen molar-refractivity contribution in [2.24, 2.45) is 0 Å². The van der Waals surface area contributed by atoms with E-state index in [2.05, 4.69) is 5.32 Å². The number of amides is 2. The highest BCUT2D eigenvalue weighted by Gasteiger charge is 2.35. The third-order valence-electron chi connectivity index (χ3n) is 3.66. The molecule has 1 aromatic carbocycles. The Morgan fingerprint density at radius 2 is 2.12 bits per heavy atom. The number of morpholine rings is 1. The Morgan fingerprint density at radius 3 is 2.80 bits per heavy atom. The van der Waals surface area contributed by atoms with Gasteiger partial charge in [-0.25, -0.2) is 4.79 Å². The molecule has 1 atom stereocenters. The summed E-state index contributed by atoms with van der Waals surface area (Å²) in [4.78, 5) is 26.3. The predicted molar refractivity (Wildman–Crippen MR) is 92.4 cm³/mol. The molecule has 0 radical (unpaired) electrons. The van der Waals surface area contributed by atoms with Crippen molar-refractivity contribution >= 4 is 12.0 Å². The van der Waals surface area contributed by atoms with Gasteiger partial charge in [-0.2, -0.15) is 0 Å². The van der Waals surface area contributed by atoms with Crippen LogP contribution in [0.1, 0.15) is 26.3 Å². The quantitative estimate of drug-likeness (QED) is 0.898. The van der Waals surface area contributed by atoms with Crippen molar-refractivity contribution in [3.8, 4) is 5.75 Å². The predicted octanol–water partition coefficient (Wildman–Crippen LogP) is 1.95. The molecule has 1 heterocycles. The van der Waals surface area contributed by atoms with Crippen molar-refractivity contribution in [3.05, 3.63) is 29.8 Å². The summed E-state index contributed by atoms with van der Waals surface area (Å²) in [5, 5.41) is 2.84. The first-order valence-electron chi connectivity index (χ1n) is 8.28. The van der Waals surface area contributed by atoms with E-state index < -0.39 is 17.7 Å². The highest BCUT2D eigenvalue weighted by molar-refractivity contribution is 5.86. The third-order valence-corrected chi connectivity index (χ3v) is 3.66. The normalized spacial score (nSPS) is 17.8. The highest BCUT2D eigenvalue weighted by Crippen LogP contribution is 2.16. The number of methoxy groups -OCH3 is 1. The number of rotatable bonds is 4. The number of hydrogen-bond acceptors (Lipinski definition) is 5. The van der Waals surface area contributed by atoms with Crippen LogP contribution in [0.25, 0.3) is 0 Å². The minimum Gasteiger partial charge on any atom is -0.497 e. The molecular formula is C18H26N2O5. The van der Waals surface area contributed by atoms with Crippen LogP contribution in [0.2, 0.25) is 0 Å². The van der Waals surface area contributed by atoms with Gasteiger partial charge in [-0.05, 0) is 38.5 Å². The van der Waals surface area contributed by atoms with Crippen molar-refractivity contribution in [2.75, 3.05) is 26.9 Å². The van der Waals surface area contributed by atoms with E-state index in [1.807, 2.05) is 24.3 Å². The fourth-order valence-corrected chi connectivity index (χ4v) is 2.45. The molecule has 25 heavy (non-hydrogen) atoms. The van der Waals surface area contributed by atoms with Crippen LogP contribution < -0.4 is 10.1 Å². The Kier molecular flexibility index (Phi) is 6.25. The maximum Gasteiger partial charge on any atom is 0.411 e. The molecule has 138 valence electrons. The van der Waals surface area contributed by atoms with E-state index in [-0.39, 0.29) is 12.5 Å². The number of ether oxygens (including phenoxy) is 3. The lowest BCUT2D eigenvalue weighted by Crippen LogP contribution is -2.56. The zero-order valence-corrected chi connectivity index (χ0v) is 15.2. The maximum absolute atomic E-state index is 12.5. The van der Waals surface area contributed by atoms with E-state index in [4.69, 9.17) is 14.2 Å². The van der Waals surface area contributed by atoms with E-state index in [0.29, 0.717) is 19.7 Å². The van der Waals surface area contributed by atoms with Crippen molar-refractivity contribution in [1.82, 2.24) is 10.2 Å². The van der Waals surface area contributed by atoms with Crippen LogP contribution in [0.15, 0.2) is 24.3 Å². The summed E-state index contributed by atoms with van der Waals surface area (Å²) >= 11 is 0. The van der Waals surface area contributed by atoms with Crippen LogP contribution in [-0.4, -0.2) is 55.4 Å². The summed E-state index contributed by atoms with van der Waals surface area (Å²) in [6.45, 7) is 6.60. The monoisotopic (exact) mass is 350 g/mol. The molecule has 1 aliphatic rings. The average molecular weight is 350 g/mol. The largest absolute Gasteiger partial charge is 0.497 e. The van der Waals surface area contributed by atoms with Gasteiger partial charge in [-0.1, -0.05) is 12.1 Å². The van der Waals surface area contributed by atoms with E-state index in [0.717, 1.165) is 11.3 Å². The van der Waals surface area contributed by atoms with Gasteiger partial charge in [0.05, 0.1) is 20.3 Å². The SMILES string of the molecule is COc1cccc(CNC(=O)[C@H]2COCCN2C(=O)OC(C)(C)C)c1. The van der Waals surface area contributed by atoms with Crippen molar-refractivity contribution in [2.45, 2.75) is 39.0 Å². The topological polar surface area (TPSA) is 77.1 Å². The Hall–Kier alpha value is -2.28. The van der Waals surface area contributed by atoms with Gasteiger partial charge in [-0.15, -0.1) is 0 Å². The molecule has 0 aromatic heterocycles. The standard InChI is InChI=1S/C18H26N2O5/c1-18(2,3)25-17(22)20-8-9-24-12-15(20)16(21)19-11-13-6-5-7-14(10-13)23-4/h5-7,10,15H,8-9,11-12H2,1-4H3,(H,19,21)/t15-/m1/s1. The lowest BCUT2D eigenvalue weighted by atomic mass is 10.2. The Morgan fingerprint density at radius 1 is 1.36 bits per heavy atom. The number of nitrogens with zero attached hydrogens (tertiary/aromatic N) is 1. The van der Waals surface area contributed by atoms with Crippen molar-refractivity contribution in [1.29, 1.82) is 0 Å². The maximum atomic E-state index is 12.5. The zero-order chi connectivity index (χ0) is 18.4. The fraction of sp³-hybridized carbons (Fsp3) is 0.556. The second-order valence-corrected chi connectivity index (χ2v) is 6.83. The van der Waals surface area contributed by atoms with Crippen LogP contribution in [0.4, 0.5) is 4.79 Å². The molecule has 0 unspecified atom stereocenters. The highest BCUT2D eigenvalue weighted by atomic mass is 16.6. The molecule has 1 N–H and O–H groups in total. The first-order valence-corrected chi connectivity index (χ1v) is 8.28. The molecule has 0 saturated carbocycles. The summed E-state index contributed by atoms with van der Waals surface area (Å²) < 4.78 is 15.9. The van der Waals surface area contributed by atoms with Gasteiger partial charge in [0, 0.05) is 13.1 Å². The summed E-state index contributed by atoms with van der Waals surface area (Å²) in [6.07, 6.45) is -0.502. The molecule has 1 aromatic rings. The van der Waals surface area contributed by atoms with Gasteiger partial charge in [0.1, 0.15) is 17.4 Å². The third kappa shape index (κ3) is 5.63. The molecule has 0 bridgehead atoms. The Labute approximate surface area is 148 Å². The van der Waals surface area contributed by atoms with Crippen LogP contribution in [0.3, 0.4) is 0 Å². The summed E-state index contributed by atoms with van der Waals surface area (Å²) in [7, 11) is 1.59. The molecule has 0 aliphatic carbocycles.